The van der Waals surface area contributed by atoms with E-state index >= 15 is 0 Å². The normalized spacial score (nSPS) is 17.9. The number of amides is 4. The number of carbonyl (C=O) groups is 4. The van der Waals surface area contributed by atoms with Crippen LogP contribution in [0.15, 0.2) is 30.3 Å². The number of carbonyl (C=O) groups excluding carboxylic acids is 4. The highest BCUT2D eigenvalue weighted by Gasteiger charge is 2.32. The molecule has 6 atom stereocenters. The monoisotopic (exact) mass is 614 g/mol. The SMILES string of the molecule is CCC(C)[C@H](NC(C)=O)C(=O)NC(CCCC1CCCCC1)CC(O)C(Cc1ccccc1)NC(=O)C(NC(C)=O)C(C)C. The molecule has 1 aromatic carbocycles. The van der Waals surface area contributed by atoms with Crippen molar-refractivity contribution in [3.05, 3.63) is 35.9 Å². The van der Waals surface area contributed by atoms with Gasteiger partial charge in [-0.1, -0.05) is 109 Å². The second-order valence-corrected chi connectivity index (χ2v) is 13.2. The molecule has 1 saturated carbocycles. The maximum absolute atomic E-state index is 13.5. The van der Waals surface area contributed by atoms with Crippen molar-refractivity contribution in [3.8, 4) is 0 Å². The van der Waals surface area contributed by atoms with E-state index in [2.05, 4.69) is 21.3 Å². The van der Waals surface area contributed by atoms with Gasteiger partial charge >= 0.3 is 0 Å². The smallest absolute Gasteiger partial charge is 0.243 e. The molecule has 1 fully saturated rings. The second kappa shape index (κ2) is 19.4. The Labute approximate surface area is 265 Å². The lowest BCUT2D eigenvalue weighted by atomic mass is 9.85. The fourth-order valence-corrected chi connectivity index (χ4v) is 6.22. The van der Waals surface area contributed by atoms with Crippen LogP contribution in [-0.2, 0) is 25.6 Å². The van der Waals surface area contributed by atoms with Crippen LogP contribution in [0.5, 0.6) is 0 Å². The van der Waals surface area contributed by atoms with Crippen molar-refractivity contribution in [2.45, 2.75) is 142 Å². The first-order valence-corrected chi connectivity index (χ1v) is 16.8. The topological polar surface area (TPSA) is 137 Å². The molecule has 9 nitrogen and oxygen atoms in total. The van der Waals surface area contributed by atoms with Crippen molar-refractivity contribution in [1.82, 2.24) is 21.3 Å². The maximum Gasteiger partial charge on any atom is 0.243 e. The first-order valence-electron chi connectivity index (χ1n) is 16.8. The molecule has 9 heteroatoms. The Morgan fingerprint density at radius 1 is 0.841 bits per heavy atom. The van der Waals surface area contributed by atoms with Gasteiger partial charge in [-0.15, -0.1) is 0 Å². The molecular formula is C35H58N4O5. The Kier molecular flexibility index (Phi) is 16.5. The summed E-state index contributed by atoms with van der Waals surface area (Å²) in [6, 6.07) is 7.27. The number of aliphatic hydroxyl groups excluding tert-OH is 1. The average molecular weight is 615 g/mol. The Morgan fingerprint density at radius 2 is 1.43 bits per heavy atom. The highest BCUT2D eigenvalue weighted by molar-refractivity contribution is 5.88. The number of nitrogens with one attached hydrogen (secondary N) is 4. The molecule has 248 valence electrons. The predicted octanol–water partition coefficient (Wildman–Crippen LogP) is 4.41. The van der Waals surface area contributed by atoms with Gasteiger partial charge in [0.25, 0.3) is 0 Å². The zero-order valence-electron chi connectivity index (χ0n) is 27.9. The molecule has 5 N–H and O–H groups in total. The summed E-state index contributed by atoms with van der Waals surface area (Å²) >= 11 is 0. The molecule has 1 aliphatic carbocycles. The van der Waals surface area contributed by atoms with Gasteiger partial charge in [0.2, 0.25) is 23.6 Å². The van der Waals surface area contributed by atoms with Crippen molar-refractivity contribution in [2.75, 3.05) is 0 Å². The molecule has 4 amide bonds. The largest absolute Gasteiger partial charge is 0.391 e. The summed E-state index contributed by atoms with van der Waals surface area (Å²) in [5.74, 6) is -0.665. The van der Waals surface area contributed by atoms with Crippen LogP contribution < -0.4 is 21.3 Å². The van der Waals surface area contributed by atoms with Crippen molar-refractivity contribution in [3.63, 3.8) is 0 Å². The lowest BCUT2D eigenvalue weighted by Gasteiger charge is -2.32. The van der Waals surface area contributed by atoms with Gasteiger partial charge in [0.05, 0.1) is 12.1 Å². The van der Waals surface area contributed by atoms with Crippen molar-refractivity contribution >= 4 is 23.6 Å². The Morgan fingerprint density at radius 3 is 2.00 bits per heavy atom. The molecule has 44 heavy (non-hydrogen) atoms. The molecule has 0 aromatic heterocycles. The van der Waals surface area contributed by atoms with E-state index in [-0.39, 0.29) is 47.9 Å². The van der Waals surface area contributed by atoms with Gasteiger partial charge in [0.1, 0.15) is 12.1 Å². The van der Waals surface area contributed by atoms with Gasteiger partial charge < -0.3 is 26.4 Å². The Hall–Kier alpha value is -2.94. The fourth-order valence-electron chi connectivity index (χ4n) is 6.22. The molecule has 0 saturated heterocycles. The lowest BCUT2D eigenvalue weighted by molar-refractivity contribution is -0.130. The third-order valence-corrected chi connectivity index (χ3v) is 9.01. The molecule has 5 unspecified atom stereocenters. The van der Waals surface area contributed by atoms with E-state index in [0.717, 1.165) is 24.8 Å². The zero-order chi connectivity index (χ0) is 32.6. The van der Waals surface area contributed by atoms with Crippen LogP contribution >= 0.6 is 0 Å². The van der Waals surface area contributed by atoms with E-state index in [1.165, 1.54) is 46.0 Å². The van der Waals surface area contributed by atoms with Crippen molar-refractivity contribution in [2.24, 2.45) is 17.8 Å². The lowest BCUT2D eigenvalue weighted by Crippen LogP contribution is -2.56. The number of benzene rings is 1. The summed E-state index contributed by atoms with van der Waals surface area (Å²) in [5, 5.41) is 23.4. The number of hydrogen-bond donors (Lipinski definition) is 5. The third-order valence-electron chi connectivity index (χ3n) is 9.01. The average Bonchev–Trinajstić information content (AvgIpc) is 2.98. The summed E-state index contributed by atoms with van der Waals surface area (Å²) in [6.45, 7) is 10.5. The standard InChI is InChI=1S/C35H58N4O5/c1-7-24(4)33(37-26(6)41)35(44)38-29(20-14-19-27-15-10-8-11-16-27)22-31(42)30(21-28-17-12-9-13-18-28)39-34(43)32(23(2)3)36-25(5)40/h9,12-13,17-18,23-24,27,29-33,42H,7-8,10-11,14-16,19-22H2,1-6H3,(H,36,40)(H,37,41)(H,38,44)(H,39,43)/t24?,29?,30?,31?,32?,33-/m0/s1. The van der Waals surface area contributed by atoms with E-state index < -0.39 is 24.2 Å². The predicted molar refractivity (Wildman–Crippen MR) is 175 cm³/mol. The number of aliphatic hydroxyl groups is 1. The molecule has 0 spiro atoms. The van der Waals surface area contributed by atoms with Crippen LogP contribution in [0, 0.1) is 17.8 Å². The van der Waals surface area contributed by atoms with E-state index in [1.807, 2.05) is 58.0 Å². The van der Waals surface area contributed by atoms with Crippen molar-refractivity contribution in [1.29, 1.82) is 0 Å². The quantitative estimate of drug-likeness (QED) is 0.167. The minimum atomic E-state index is -0.966. The van der Waals surface area contributed by atoms with E-state index in [4.69, 9.17) is 0 Å². The van der Waals surface area contributed by atoms with E-state index in [9.17, 15) is 24.3 Å². The number of rotatable bonds is 18. The molecular weight excluding hydrogens is 556 g/mol. The zero-order valence-corrected chi connectivity index (χ0v) is 27.9. The van der Waals surface area contributed by atoms with Crippen LogP contribution in [-0.4, -0.2) is 59.0 Å². The van der Waals surface area contributed by atoms with Crippen LogP contribution in [0.4, 0.5) is 0 Å². The fraction of sp³-hybridized carbons (Fsp3) is 0.714. The van der Waals surface area contributed by atoms with Crippen LogP contribution in [0.1, 0.15) is 111 Å². The second-order valence-electron chi connectivity index (χ2n) is 13.2. The van der Waals surface area contributed by atoms with Gasteiger partial charge in [-0.05, 0) is 42.6 Å². The number of hydrogen-bond acceptors (Lipinski definition) is 5. The molecule has 0 heterocycles. The maximum atomic E-state index is 13.5. The van der Waals surface area contributed by atoms with Crippen LogP contribution in [0.25, 0.3) is 0 Å². The molecule has 0 radical (unpaired) electrons. The van der Waals surface area contributed by atoms with Crippen LogP contribution in [0.2, 0.25) is 0 Å². The Balaban J connectivity index is 2.27. The molecule has 1 aliphatic rings. The van der Waals surface area contributed by atoms with Gasteiger partial charge in [-0.25, -0.2) is 0 Å². The molecule has 2 rings (SSSR count). The summed E-state index contributed by atoms with van der Waals surface area (Å²) in [6.07, 6.45) is 9.43. The molecule has 0 aliphatic heterocycles. The van der Waals surface area contributed by atoms with E-state index in [0.29, 0.717) is 18.8 Å². The summed E-state index contributed by atoms with van der Waals surface area (Å²) in [5.41, 5.74) is 0.956. The first-order chi connectivity index (χ1) is 20.9. The Bertz CT molecular complexity index is 1030. The highest BCUT2D eigenvalue weighted by atomic mass is 16.3. The third kappa shape index (κ3) is 13.4. The summed E-state index contributed by atoms with van der Waals surface area (Å²) in [4.78, 5) is 50.7. The van der Waals surface area contributed by atoms with Gasteiger partial charge in [-0.3, -0.25) is 19.2 Å². The van der Waals surface area contributed by atoms with E-state index in [1.54, 1.807) is 0 Å². The minimum Gasteiger partial charge on any atom is -0.391 e. The van der Waals surface area contributed by atoms with Gasteiger partial charge in [0.15, 0.2) is 0 Å². The minimum absolute atomic E-state index is 0.0569. The van der Waals surface area contributed by atoms with Crippen molar-refractivity contribution < 1.29 is 24.3 Å². The first kappa shape index (κ1) is 37.2. The summed E-state index contributed by atoms with van der Waals surface area (Å²) in [7, 11) is 0. The molecule has 1 aromatic rings. The highest BCUT2D eigenvalue weighted by Crippen LogP contribution is 2.28. The molecule has 0 bridgehead atoms. The van der Waals surface area contributed by atoms with Crippen LogP contribution in [0.3, 0.4) is 0 Å². The van der Waals surface area contributed by atoms with Gasteiger partial charge in [-0.2, -0.15) is 0 Å². The summed E-state index contributed by atoms with van der Waals surface area (Å²) < 4.78 is 0. The van der Waals surface area contributed by atoms with Gasteiger partial charge in [0, 0.05) is 19.9 Å².